The summed E-state index contributed by atoms with van der Waals surface area (Å²) in [4.78, 5) is 11.5. The second kappa shape index (κ2) is 4.19. The van der Waals surface area contributed by atoms with Gasteiger partial charge in [-0.05, 0) is 31.7 Å². The largest absolute Gasteiger partial charge is 0.480 e. The number of carboxylic acids is 1. The van der Waals surface area contributed by atoms with Crippen LogP contribution in [0.2, 0.25) is 0 Å². The molecule has 1 heterocycles. The van der Waals surface area contributed by atoms with Crippen molar-refractivity contribution in [2.75, 3.05) is 5.32 Å². The molecule has 1 saturated carbocycles. The number of nitrogens with zero attached hydrogens (tertiary/aromatic N) is 2. The first-order valence-corrected chi connectivity index (χ1v) is 6.33. The van der Waals surface area contributed by atoms with Crippen LogP contribution in [0.3, 0.4) is 0 Å². The standard InChI is InChI=1S/C14H15N3O2/c1-14(13(18)19,9-6-7-9)16-12-8-15-17-11-5-3-2-4-10(11)12/h2-5,8-9H,6-7H2,1H3,(H,16,17)(H,18,19). The molecule has 0 radical (unpaired) electrons. The summed E-state index contributed by atoms with van der Waals surface area (Å²) in [7, 11) is 0. The molecule has 1 aliphatic rings. The van der Waals surface area contributed by atoms with E-state index in [-0.39, 0.29) is 5.92 Å². The van der Waals surface area contributed by atoms with Crippen LogP contribution in [0, 0.1) is 5.92 Å². The number of anilines is 1. The summed E-state index contributed by atoms with van der Waals surface area (Å²) < 4.78 is 0. The lowest BCUT2D eigenvalue weighted by molar-refractivity contribution is -0.142. The molecule has 2 aromatic rings. The summed E-state index contributed by atoms with van der Waals surface area (Å²) in [6, 6.07) is 7.58. The molecule has 0 spiro atoms. The van der Waals surface area contributed by atoms with Crippen molar-refractivity contribution < 1.29 is 9.90 Å². The van der Waals surface area contributed by atoms with Crippen molar-refractivity contribution in [3.63, 3.8) is 0 Å². The molecule has 1 fully saturated rings. The maximum absolute atomic E-state index is 11.5. The molecule has 98 valence electrons. The van der Waals surface area contributed by atoms with Crippen LogP contribution in [0.4, 0.5) is 5.69 Å². The van der Waals surface area contributed by atoms with E-state index in [0.29, 0.717) is 0 Å². The zero-order valence-electron chi connectivity index (χ0n) is 10.6. The number of aliphatic carboxylic acids is 1. The number of fused-ring (bicyclic) bond motifs is 1. The molecule has 5 heteroatoms. The van der Waals surface area contributed by atoms with E-state index in [1.807, 2.05) is 24.3 Å². The van der Waals surface area contributed by atoms with Crippen LogP contribution in [0.1, 0.15) is 19.8 Å². The number of nitrogens with one attached hydrogen (secondary N) is 1. The predicted octanol–water partition coefficient (Wildman–Crippen LogP) is 2.29. The first-order valence-electron chi connectivity index (χ1n) is 6.33. The molecule has 19 heavy (non-hydrogen) atoms. The van der Waals surface area contributed by atoms with Crippen LogP contribution in [0.5, 0.6) is 0 Å². The van der Waals surface area contributed by atoms with E-state index in [0.717, 1.165) is 29.4 Å². The Kier molecular flexibility index (Phi) is 2.62. The van der Waals surface area contributed by atoms with Gasteiger partial charge in [-0.3, -0.25) is 0 Å². The van der Waals surface area contributed by atoms with Crippen molar-refractivity contribution in [3.05, 3.63) is 30.5 Å². The van der Waals surface area contributed by atoms with Crippen molar-refractivity contribution in [2.24, 2.45) is 5.92 Å². The Balaban J connectivity index is 2.03. The number of carboxylic acid groups (broad SMARTS) is 1. The quantitative estimate of drug-likeness (QED) is 0.879. The first-order chi connectivity index (χ1) is 9.11. The molecule has 2 N–H and O–H groups in total. The average Bonchev–Trinajstić information content (AvgIpc) is 3.23. The molecule has 5 nitrogen and oxygen atoms in total. The Morgan fingerprint density at radius 3 is 2.84 bits per heavy atom. The van der Waals surface area contributed by atoms with Gasteiger partial charge in [-0.25, -0.2) is 4.79 Å². The number of rotatable bonds is 4. The van der Waals surface area contributed by atoms with Crippen molar-refractivity contribution in [1.29, 1.82) is 0 Å². The van der Waals surface area contributed by atoms with Crippen molar-refractivity contribution in [2.45, 2.75) is 25.3 Å². The molecule has 1 aromatic carbocycles. The topological polar surface area (TPSA) is 75.1 Å². The minimum atomic E-state index is -0.939. The highest BCUT2D eigenvalue weighted by atomic mass is 16.4. The molecule has 0 saturated heterocycles. The van der Waals surface area contributed by atoms with Gasteiger partial charge in [0.2, 0.25) is 0 Å². The van der Waals surface area contributed by atoms with E-state index in [1.165, 1.54) is 0 Å². The molecule has 1 aliphatic carbocycles. The molecule has 3 rings (SSSR count). The predicted molar refractivity (Wildman–Crippen MR) is 71.9 cm³/mol. The number of benzene rings is 1. The zero-order chi connectivity index (χ0) is 13.5. The van der Waals surface area contributed by atoms with E-state index < -0.39 is 11.5 Å². The minimum Gasteiger partial charge on any atom is -0.480 e. The molecule has 1 unspecified atom stereocenters. The van der Waals surface area contributed by atoms with Crippen LogP contribution < -0.4 is 5.32 Å². The fourth-order valence-electron chi connectivity index (χ4n) is 2.38. The Labute approximate surface area is 110 Å². The summed E-state index contributed by atoms with van der Waals surface area (Å²) in [5.41, 5.74) is 0.546. The van der Waals surface area contributed by atoms with Crippen LogP contribution >= 0.6 is 0 Å². The van der Waals surface area contributed by atoms with Gasteiger partial charge in [-0.2, -0.15) is 10.2 Å². The second-order valence-corrected chi connectivity index (χ2v) is 5.18. The van der Waals surface area contributed by atoms with Gasteiger partial charge in [-0.15, -0.1) is 0 Å². The zero-order valence-corrected chi connectivity index (χ0v) is 10.6. The summed E-state index contributed by atoms with van der Waals surface area (Å²) >= 11 is 0. The third kappa shape index (κ3) is 2.01. The maximum atomic E-state index is 11.5. The van der Waals surface area contributed by atoms with Gasteiger partial charge in [0.15, 0.2) is 0 Å². The Morgan fingerprint density at radius 2 is 2.16 bits per heavy atom. The smallest absolute Gasteiger partial charge is 0.329 e. The summed E-state index contributed by atoms with van der Waals surface area (Å²) in [5.74, 6) is -0.646. The third-order valence-corrected chi connectivity index (χ3v) is 3.78. The highest BCUT2D eigenvalue weighted by Crippen LogP contribution is 2.42. The summed E-state index contributed by atoms with van der Waals surface area (Å²) in [6.07, 6.45) is 3.49. The van der Waals surface area contributed by atoms with Gasteiger partial charge in [0, 0.05) is 5.39 Å². The number of carbonyl (C=O) groups is 1. The molecule has 0 aliphatic heterocycles. The van der Waals surface area contributed by atoms with E-state index in [4.69, 9.17) is 0 Å². The number of aromatic nitrogens is 2. The van der Waals surface area contributed by atoms with Crippen molar-refractivity contribution >= 4 is 22.6 Å². The highest BCUT2D eigenvalue weighted by Gasteiger charge is 2.47. The normalized spacial score (nSPS) is 17.9. The Morgan fingerprint density at radius 1 is 1.42 bits per heavy atom. The Bertz CT molecular complexity index is 634. The third-order valence-electron chi connectivity index (χ3n) is 3.78. The molecular formula is C14H15N3O2. The first kappa shape index (κ1) is 11.9. The highest BCUT2D eigenvalue weighted by molar-refractivity contribution is 5.93. The van der Waals surface area contributed by atoms with Gasteiger partial charge in [0.1, 0.15) is 5.54 Å². The monoisotopic (exact) mass is 257 g/mol. The van der Waals surface area contributed by atoms with Crippen molar-refractivity contribution in [1.82, 2.24) is 10.2 Å². The number of hydrogen-bond acceptors (Lipinski definition) is 4. The molecule has 0 bridgehead atoms. The van der Waals surface area contributed by atoms with Gasteiger partial charge in [-0.1, -0.05) is 18.2 Å². The Hall–Kier alpha value is -2.17. The summed E-state index contributed by atoms with van der Waals surface area (Å²) in [5, 5.41) is 21.5. The van der Waals surface area contributed by atoms with Crippen LogP contribution in [-0.4, -0.2) is 26.8 Å². The fourth-order valence-corrected chi connectivity index (χ4v) is 2.38. The lowest BCUT2D eigenvalue weighted by Gasteiger charge is -2.27. The van der Waals surface area contributed by atoms with Crippen LogP contribution in [0.25, 0.3) is 10.9 Å². The van der Waals surface area contributed by atoms with E-state index in [2.05, 4.69) is 15.5 Å². The van der Waals surface area contributed by atoms with E-state index in [9.17, 15) is 9.90 Å². The summed E-state index contributed by atoms with van der Waals surface area (Å²) in [6.45, 7) is 1.74. The lowest BCUT2D eigenvalue weighted by atomic mass is 9.95. The molecule has 1 atom stereocenters. The molecule has 0 amide bonds. The number of hydrogen-bond donors (Lipinski definition) is 2. The van der Waals surface area contributed by atoms with E-state index >= 15 is 0 Å². The van der Waals surface area contributed by atoms with Gasteiger partial charge in [0.05, 0.1) is 17.4 Å². The lowest BCUT2D eigenvalue weighted by Crippen LogP contribution is -2.45. The SMILES string of the molecule is CC(Nc1cnnc2ccccc12)(C(=O)O)C1CC1. The van der Waals surface area contributed by atoms with E-state index in [1.54, 1.807) is 13.1 Å². The minimum absolute atomic E-state index is 0.178. The average molecular weight is 257 g/mol. The molecular weight excluding hydrogens is 242 g/mol. The maximum Gasteiger partial charge on any atom is 0.329 e. The van der Waals surface area contributed by atoms with Gasteiger partial charge >= 0.3 is 5.97 Å². The fraction of sp³-hybridized carbons (Fsp3) is 0.357. The second-order valence-electron chi connectivity index (χ2n) is 5.18. The van der Waals surface area contributed by atoms with Crippen LogP contribution in [-0.2, 0) is 4.79 Å². The van der Waals surface area contributed by atoms with Crippen LogP contribution in [0.15, 0.2) is 30.5 Å². The van der Waals surface area contributed by atoms with Crippen molar-refractivity contribution in [3.8, 4) is 0 Å². The molecule has 1 aromatic heterocycles. The van der Waals surface area contributed by atoms with Gasteiger partial charge in [0.25, 0.3) is 0 Å². The van der Waals surface area contributed by atoms with Gasteiger partial charge < -0.3 is 10.4 Å².